The highest BCUT2D eigenvalue weighted by Gasteiger charge is 2.35. The molecule has 1 fully saturated rings. The average Bonchev–Trinajstić information content (AvgIpc) is 3.03. The molecule has 1 saturated heterocycles. The standard InChI is InChI=1S/C25H24ClFN4O4S/c1-3-20(32)29-8-10-30(11-9-29)24-18-12-19(26)21(15-4-6-16(27)7-5-15)23-22(18)31(25(33)28-24)13-17(35-2)14-36(23)34/h3-7,12,17H,1,8-11,13-14H2,2H3. The minimum Gasteiger partial charge on any atom is -0.611 e. The molecule has 0 N–H and O–H groups in total. The predicted octanol–water partition coefficient (Wildman–Crippen LogP) is 2.83. The summed E-state index contributed by atoms with van der Waals surface area (Å²) in [4.78, 5) is 33.8. The van der Waals surface area contributed by atoms with Crippen molar-refractivity contribution in [3.8, 4) is 11.1 Å². The number of aromatic nitrogens is 2. The van der Waals surface area contributed by atoms with Gasteiger partial charge in [0.05, 0.1) is 17.1 Å². The van der Waals surface area contributed by atoms with Crippen LogP contribution in [0.5, 0.6) is 0 Å². The Kier molecular flexibility index (Phi) is 6.78. The van der Waals surface area contributed by atoms with Gasteiger partial charge in [0.1, 0.15) is 29.0 Å². The normalized spacial score (nSPS) is 19.9. The molecule has 11 heteroatoms. The number of methoxy groups -OCH3 is 1. The molecule has 0 aliphatic carbocycles. The van der Waals surface area contributed by atoms with E-state index in [0.717, 1.165) is 0 Å². The second kappa shape index (κ2) is 9.85. The van der Waals surface area contributed by atoms with Crippen molar-refractivity contribution in [3.63, 3.8) is 0 Å². The van der Waals surface area contributed by atoms with E-state index in [-0.39, 0.29) is 18.2 Å². The van der Waals surface area contributed by atoms with Gasteiger partial charge in [-0.1, -0.05) is 30.3 Å². The van der Waals surface area contributed by atoms with E-state index < -0.39 is 28.8 Å². The molecule has 3 heterocycles. The second-order valence-electron chi connectivity index (χ2n) is 8.68. The van der Waals surface area contributed by atoms with E-state index in [2.05, 4.69) is 11.6 Å². The fraction of sp³-hybridized carbons (Fsp3) is 0.320. The van der Waals surface area contributed by atoms with Crippen molar-refractivity contribution in [2.45, 2.75) is 17.5 Å². The van der Waals surface area contributed by atoms with Crippen LogP contribution in [-0.4, -0.2) is 70.1 Å². The van der Waals surface area contributed by atoms with Gasteiger partial charge in [0.25, 0.3) is 0 Å². The molecule has 0 radical (unpaired) electrons. The Bertz CT molecular complexity index is 1410. The van der Waals surface area contributed by atoms with Gasteiger partial charge in [-0.2, -0.15) is 4.98 Å². The number of nitrogens with zero attached hydrogens (tertiary/aromatic N) is 4. The van der Waals surface area contributed by atoms with Crippen LogP contribution < -0.4 is 10.6 Å². The van der Waals surface area contributed by atoms with Crippen molar-refractivity contribution in [1.82, 2.24) is 14.5 Å². The molecule has 2 aromatic carbocycles. The highest BCUT2D eigenvalue weighted by molar-refractivity contribution is 7.91. The summed E-state index contributed by atoms with van der Waals surface area (Å²) < 4.78 is 34.4. The van der Waals surface area contributed by atoms with Gasteiger partial charge in [0, 0.05) is 38.7 Å². The summed E-state index contributed by atoms with van der Waals surface area (Å²) in [5, 5.41) is 0.913. The quantitative estimate of drug-likeness (QED) is 0.380. The summed E-state index contributed by atoms with van der Waals surface area (Å²) >= 11 is 5.23. The van der Waals surface area contributed by atoms with Gasteiger partial charge in [-0.25, -0.2) is 9.18 Å². The van der Waals surface area contributed by atoms with Gasteiger partial charge in [-0.05, 0) is 41.0 Å². The minimum absolute atomic E-state index is 0.149. The van der Waals surface area contributed by atoms with Crippen LogP contribution in [0.15, 0.2) is 52.7 Å². The number of benzene rings is 2. The Labute approximate surface area is 215 Å². The molecule has 0 saturated carbocycles. The molecule has 2 aliphatic heterocycles. The number of hydrogen-bond acceptors (Lipinski definition) is 6. The topological polar surface area (TPSA) is 90.7 Å². The maximum atomic E-state index is 13.7. The lowest BCUT2D eigenvalue weighted by Gasteiger charge is -2.35. The Morgan fingerprint density at radius 3 is 2.61 bits per heavy atom. The first-order valence-corrected chi connectivity index (χ1v) is 13.1. The highest BCUT2D eigenvalue weighted by Crippen LogP contribution is 2.43. The maximum absolute atomic E-state index is 13.7. The van der Waals surface area contributed by atoms with Gasteiger partial charge in [0.15, 0.2) is 4.90 Å². The molecule has 0 bridgehead atoms. The lowest BCUT2D eigenvalue weighted by Crippen LogP contribution is -2.49. The van der Waals surface area contributed by atoms with Crippen LogP contribution in [-0.2, 0) is 27.3 Å². The lowest BCUT2D eigenvalue weighted by atomic mass is 10.0. The predicted molar refractivity (Wildman–Crippen MR) is 137 cm³/mol. The Balaban J connectivity index is 1.74. The summed E-state index contributed by atoms with van der Waals surface area (Å²) in [6.45, 7) is 5.54. The SMILES string of the molecule is C=CC(=O)N1CCN(c2nc(=O)n3c4c(c(-c5ccc(F)cc5)c(Cl)cc24)[S+]([O-])CC(OC)C3)CC1. The molecular weight excluding hydrogens is 507 g/mol. The average molecular weight is 531 g/mol. The summed E-state index contributed by atoms with van der Waals surface area (Å²) in [6.07, 6.45) is 0.810. The van der Waals surface area contributed by atoms with Crippen LogP contribution in [0.3, 0.4) is 0 Å². The van der Waals surface area contributed by atoms with E-state index in [1.54, 1.807) is 23.1 Å². The van der Waals surface area contributed by atoms with E-state index in [0.29, 0.717) is 63.9 Å². The number of carbonyl (C=O) groups excluding carboxylic acids is 1. The lowest BCUT2D eigenvalue weighted by molar-refractivity contribution is -0.126. The zero-order valence-corrected chi connectivity index (χ0v) is 21.1. The number of piperazine rings is 1. The number of amides is 1. The zero-order chi connectivity index (χ0) is 25.6. The van der Waals surface area contributed by atoms with Crippen LogP contribution in [0.25, 0.3) is 22.0 Å². The van der Waals surface area contributed by atoms with Crippen LogP contribution in [0.4, 0.5) is 10.2 Å². The number of ether oxygens (including phenoxy) is 1. The van der Waals surface area contributed by atoms with E-state index in [1.807, 2.05) is 4.90 Å². The van der Waals surface area contributed by atoms with Crippen LogP contribution in [0, 0.1) is 5.82 Å². The van der Waals surface area contributed by atoms with Gasteiger partial charge >= 0.3 is 5.69 Å². The molecule has 8 nitrogen and oxygen atoms in total. The van der Waals surface area contributed by atoms with Crippen molar-refractivity contribution >= 4 is 45.4 Å². The maximum Gasteiger partial charge on any atom is 0.350 e. The number of anilines is 1. The first-order chi connectivity index (χ1) is 17.3. The number of rotatable bonds is 4. The van der Waals surface area contributed by atoms with Crippen LogP contribution in [0.2, 0.25) is 5.02 Å². The molecule has 2 unspecified atom stereocenters. The van der Waals surface area contributed by atoms with Crippen molar-refractivity contribution < 1.29 is 18.5 Å². The molecule has 2 atom stereocenters. The Morgan fingerprint density at radius 1 is 1.28 bits per heavy atom. The zero-order valence-electron chi connectivity index (χ0n) is 19.6. The number of carbonyl (C=O) groups is 1. The van der Waals surface area contributed by atoms with Crippen molar-refractivity contribution in [1.29, 1.82) is 0 Å². The molecule has 1 aromatic heterocycles. The van der Waals surface area contributed by atoms with Gasteiger partial charge in [-0.3, -0.25) is 9.36 Å². The fourth-order valence-electron chi connectivity index (χ4n) is 4.80. The molecule has 5 rings (SSSR count). The summed E-state index contributed by atoms with van der Waals surface area (Å²) in [5.74, 6) is 0.0427. The number of halogens is 2. The van der Waals surface area contributed by atoms with Crippen molar-refractivity contribution in [2.24, 2.45) is 0 Å². The minimum atomic E-state index is -1.57. The molecular formula is C25H24ClFN4O4S. The summed E-state index contributed by atoms with van der Waals surface area (Å²) in [5.41, 5.74) is 1.08. The Hall–Kier alpha value is -2.92. The third-order valence-electron chi connectivity index (χ3n) is 6.63. The van der Waals surface area contributed by atoms with Gasteiger partial charge in [0.2, 0.25) is 5.91 Å². The molecule has 188 valence electrons. The smallest absolute Gasteiger partial charge is 0.350 e. The van der Waals surface area contributed by atoms with Gasteiger partial charge < -0.3 is 19.1 Å². The van der Waals surface area contributed by atoms with E-state index in [9.17, 15) is 18.5 Å². The van der Waals surface area contributed by atoms with Crippen LogP contribution >= 0.6 is 11.6 Å². The molecule has 0 spiro atoms. The van der Waals surface area contributed by atoms with Crippen molar-refractivity contribution in [2.75, 3.05) is 43.9 Å². The monoisotopic (exact) mass is 530 g/mol. The molecule has 1 amide bonds. The second-order valence-corrected chi connectivity index (χ2v) is 10.5. The van der Waals surface area contributed by atoms with E-state index in [1.165, 1.54) is 29.9 Å². The van der Waals surface area contributed by atoms with E-state index >= 15 is 0 Å². The van der Waals surface area contributed by atoms with Crippen molar-refractivity contribution in [3.05, 3.63) is 64.3 Å². The third-order valence-corrected chi connectivity index (χ3v) is 8.46. The Morgan fingerprint density at radius 2 is 1.97 bits per heavy atom. The van der Waals surface area contributed by atoms with Gasteiger partial charge in [-0.15, -0.1) is 0 Å². The molecule has 2 aliphatic rings. The first kappa shape index (κ1) is 24.8. The largest absolute Gasteiger partial charge is 0.611 e. The summed E-state index contributed by atoms with van der Waals surface area (Å²) in [6, 6.07) is 7.51. The first-order valence-electron chi connectivity index (χ1n) is 11.4. The fourth-order valence-corrected chi connectivity index (χ4v) is 6.80. The van der Waals surface area contributed by atoms with E-state index in [4.69, 9.17) is 16.3 Å². The molecule has 36 heavy (non-hydrogen) atoms. The number of hydrogen-bond donors (Lipinski definition) is 0. The summed E-state index contributed by atoms with van der Waals surface area (Å²) in [7, 11) is 1.51. The third kappa shape index (κ3) is 4.28. The van der Waals surface area contributed by atoms with Crippen LogP contribution in [0.1, 0.15) is 0 Å². The highest BCUT2D eigenvalue weighted by atomic mass is 35.5. The molecule has 3 aromatic rings.